The Balaban J connectivity index is 1.14. The maximum absolute atomic E-state index is 14.0. The standard InChI is InChI=1S/C30H38N4O4/c1-22(35)32-13-11-24(12-14-32)30(36)34-25(10-9-23-5-2-3-6-26(23)34)21-31-15-17-33(18-16-31)27-7-4-8-28-29(27)38-20-19-37-28/h2-8,24-25H,9-21H2,1H3. The second-order valence-electron chi connectivity index (χ2n) is 10.9. The number of rotatable bonds is 4. The molecule has 202 valence electrons. The summed E-state index contributed by atoms with van der Waals surface area (Å²) in [5, 5.41) is 0. The van der Waals surface area contributed by atoms with Gasteiger partial charge in [-0.25, -0.2) is 0 Å². The molecule has 2 amide bonds. The van der Waals surface area contributed by atoms with Crippen molar-refractivity contribution in [2.24, 2.45) is 5.92 Å². The first-order valence-corrected chi connectivity index (χ1v) is 14.1. The Morgan fingerprint density at radius 2 is 1.58 bits per heavy atom. The van der Waals surface area contributed by atoms with Gasteiger partial charge >= 0.3 is 0 Å². The van der Waals surface area contributed by atoms with Crippen molar-refractivity contribution in [1.82, 2.24) is 9.80 Å². The fraction of sp³-hybridized carbons (Fsp3) is 0.533. The Morgan fingerprint density at radius 3 is 2.37 bits per heavy atom. The lowest BCUT2D eigenvalue weighted by molar-refractivity contribution is -0.133. The summed E-state index contributed by atoms with van der Waals surface area (Å²) < 4.78 is 11.7. The van der Waals surface area contributed by atoms with Crippen molar-refractivity contribution < 1.29 is 19.1 Å². The van der Waals surface area contributed by atoms with Crippen molar-refractivity contribution in [2.45, 2.75) is 38.6 Å². The summed E-state index contributed by atoms with van der Waals surface area (Å²) in [6, 6.07) is 14.7. The maximum Gasteiger partial charge on any atom is 0.230 e. The van der Waals surface area contributed by atoms with E-state index >= 15 is 0 Å². The molecule has 2 fully saturated rings. The van der Waals surface area contributed by atoms with Crippen LogP contribution < -0.4 is 19.3 Å². The van der Waals surface area contributed by atoms with Gasteiger partial charge in [0.15, 0.2) is 11.5 Å². The van der Waals surface area contributed by atoms with Crippen LogP contribution in [0.15, 0.2) is 42.5 Å². The zero-order chi connectivity index (χ0) is 26.1. The lowest BCUT2D eigenvalue weighted by atomic mass is 9.90. The first-order valence-electron chi connectivity index (χ1n) is 14.1. The molecule has 0 aliphatic carbocycles. The minimum Gasteiger partial charge on any atom is -0.486 e. The molecule has 0 aromatic heterocycles. The second-order valence-corrected chi connectivity index (χ2v) is 10.9. The third-order valence-electron chi connectivity index (χ3n) is 8.62. The highest BCUT2D eigenvalue weighted by Crippen LogP contribution is 2.40. The van der Waals surface area contributed by atoms with Gasteiger partial charge in [0.2, 0.25) is 11.8 Å². The third-order valence-corrected chi connectivity index (χ3v) is 8.62. The van der Waals surface area contributed by atoms with Crippen LogP contribution >= 0.6 is 0 Å². The van der Waals surface area contributed by atoms with Crippen molar-refractivity contribution >= 4 is 23.2 Å². The first kappa shape index (κ1) is 25.0. The summed E-state index contributed by atoms with van der Waals surface area (Å²) in [5.41, 5.74) is 3.45. The van der Waals surface area contributed by atoms with Crippen molar-refractivity contribution in [3.63, 3.8) is 0 Å². The highest BCUT2D eigenvalue weighted by Gasteiger charge is 2.37. The monoisotopic (exact) mass is 518 g/mol. The average Bonchev–Trinajstić information content (AvgIpc) is 2.97. The number of aryl methyl sites for hydroxylation is 1. The zero-order valence-electron chi connectivity index (χ0n) is 22.3. The van der Waals surface area contributed by atoms with Crippen LogP contribution in [-0.4, -0.2) is 86.7 Å². The van der Waals surface area contributed by atoms with E-state index in [1.807, 2.05) is 23.1 Å². The van der Waals surface area contributed by atoms with Gasteiger partial charge in [-0.05, 0) is 49.4 Å². The van der Waals surface area contributed by atoms with Crippen LogP contribution in [0.25, 0.3) is 0 Å². The molecule has 2 aromatic carbocycles. The Kier molecular flexibility index (Phi) is 7.15. The third kappa shape index (κ3) is 4.94. The Bertz CT molecular complexity index is 1170. The number of anilines is 2. The quantitative estimate of drug-likeness (QED) is 0.620. The molecule has 8 nitrogen and oxygen atoms in total. The summed E-state index contributed by atoms with van der Waals surface area (Å²) in [7, 11) is 0. The highest BCUT2D eigenvalue weighted by molar-refractivity contribution is 5.97. The number of carbonyl (C=O) groups is 2. The predicted molar refractivity (Wildman–Crippen MR) is 147 cm³/mol. The highest BCUT2D eigenvalue weighted by atomic mass is 16.6. The van der Waals surface area contributed by atoms with E-state index < -0.39 is 0 Å². The lowest BCUT2D eigenvalue weighted by Crippen LogP contribution is -2.55. The van der Waals surface area contributed by atoms with E-state index in [4.69, 9.17) is 9.47 Å². The molecular weight excluding hydrogens is 480 g/mol. The number of hydrogen-bond donors (Lipinski definition) is 0. The average molecular weight is 519 g/mol. The molecule has 0 N–H and O–H groups in total. The zero-order valence-corrected chi connectivity index (χ0v) is 22.3. The van der Waals surface area contributed by atoms with E-state index in [-0.39, 0.29) is 23.8 Å². The smallest absolute Gasteiger partial charge is 0.230 e. The first-order chi connectivity index (χ1) is 18.6. The van der Waals surface area contributed by atoms with Crippen molar-refractivity contribution in [1.29, 1.82) is 0 Å². The molecule has 2 saturated heterocycles. The van der Waals surface area contributed by atoms with Crippen molar-refractivity contribution in [2.75, 3.05) is 68.8 Å². The molecule has 6 rings (SSSR count). The number of hydrogen-bond acceptors (Lipinski definition) is 6. The van der Waals surface area contributed by atoms with Crippen LogP contribution in [0.5, 0.6) is 11.5 Å². The number of carbonyl (C=O) groups excluding carboxylic acids is 2. The summed E-state index contributed by atoms with van der Waals surface area (Å²) in [6.07, 6.45) is 3.47. The van der Waals surface area contributed by atoms with E-state index in [2.05, 4.69) is 39.0 Å². The molecule has 4 aliphatic heterocycles. The number of para-hydroxylation sites is 2. The van der Waals surface area contributed by atoms with Gasteiger partial charge in [0.1, 0.15) is 13.2 Å². The molecule has 0 bridgehead atoms. The normalized spacial score (nSPS) is 22.2. The van der Waals surface area contributed by atoms with Crippen LogP contribution in [0.4, 0.5) is 11.4 Å². The van der Waals surface area contributed by atoms with Gasteiger partial charge in [-0.15, -0.1) is 0 Å². The molecule has 2 aromatic rings. The van der Waals surface area contributed by atoms with Gasteiger partial charge in [-0.3, -0.25) is 14.5 Å². The molecule has 0 spiro atoms. The van der Waals surface area contributed by atoms with Gasteiger partial charge in [0.05, 0.1) is 5.69 Å². The van der Waals surface area contributed by atoms with Gasteiger partial charge in [-0.2, -0.15) is 0 Å². The largest absolute Gasteiger partial charge is 0.486 e. The van der Waals surface area contributed by atoms with E-state index in [9.17, 15) is 9.59 Å². The molecule has 1 unspecified atom stereocenters. The van der Waals surface area contributed by atoms with E-state index in [0.29, 0.717) is 26.3 Å². The Morgan fingerprint density at radius 1 is 0.842 bits per heavy atom. The number of piperazine rings is 1. The van der Waals surface area contributed by atoms with Crippen LogP contribution in [0.2, 0.25) is 0 Å². The number of likely N-dealkylation sites (tertiary alicyclic amines) is 1. The van der Waals surface area contributed by atoms with Crippen LogP contribution in [0.1, 0.15) is 31.7 Å². The maximum atomic E-state index is 14.0. The number of ether oxygens (including phenoxy) is 2. The number of fused-ring (bicyclic) bond motifs is 2. The van der Waals surface area contributed by atoms with Crippen LogP contribution in [0, 0.1) is 5.92 Å². The fourth-order valence-electron chi connectivity index (χ4n) is 6.49. The van der Waals surface area contributed by atoms with E-state index in [1.165, 1.54) is 5.56 Å². The summed E-state index contributed by atoms with van der Waals surface area (Å²) in [4.78, 5) is 34.7. The molecule has 4 heterocycles. The van der Waals surface area contributed by atoms with Crippen molar-refractivity contribution in [3.05, 3.63) is 48.0 Å². The molecule has 1 atom stereocenters. The SMILES string of the molecule is CC(=O)N1CCC(C(=O)N2c3ccccc3CCC2CN2CCN(c3cccc4c3OCCO4)CC2)CC1. The van der Waals surface area contributed by atoms with E-state index in [1.54, 1.807) is 6.92 Å². The fourth-order valence-corrected chi connectivity index (χ4v) is 6.49. The summed E-state index contributed by atoms with van der Waals surface area (Å²) in [5.74, 6) is 2.01. The summed E-state index contributed by atoms with van der Waals surface area (Å²) in [6.45, 7) is 8.76. The minimum atomic E-state index is -0.0254. The molecule has 8 heteroatoms. The lowest BCUT2D eigenvalue weighted by Gasteiger charge is -2.44. The Hall–Kier alpha value is -3.26. The van der Waals surface area contributed by atoms with Crippen LogP contribution in [0.3, 0.4) is 0 Å². The topological polar surface area (TPSA) is 65.6 Å². The minimum absolute atomic E-state index is 0.0254. The number of benzene rings is 2. The molecule has 0 saturated carbocycles. The molecule has 0 radical (unpaired) electrons. The molecular formula is C30H38N4O4. The van der Waals surface area contributed by atoms with E-state index in [0.717, 1.165) is 81.3 Å². The summed E-state index contributed by atoms with van der Waals surface area (Å²) >= 11 is 0. The Labute approximate surface area is 225 Å². The predicted octanol–water partition coefficient (Wildman–Crippen LogP) is 3.19. The number of amides is 2. The molecule has 38 heavy (non-hydrogen) atoms. The number of piperidine rings is 1. The van der Waals surface area contributed by atoms with Gasteiger partial charge in [0.25, 0.3) is 0 Å². The molecule has 4 aliphatic rings. The van der Waals surface area contributed by atoms with Crippen LogP contribution in [-0.2, 0) is 16.0 Å². The van der Waals surface area contributed by atoms with Gasteiger partial charge < -0.3 is 24.2 Å². The van der Waals surface area contributed by atoms with Gasteiger partial charge in [-0.1, -0.05) is 24.3 Å². The second kappa shape index (κ2) is 10.8. The van der Waals surface area contributed by atoms with Crippen molar-refractivity contribution in [3.8, 4) is 11.5 Å². The van der Waals surface area contributed by atoms with Gasteiger partial charge in [0, 0.05) is 70.4 Å². The number of nitrogens with zero attached hydrogens (tertiary/aromatic N) is 4.